The average molecular weight is 347 g/mol. The van der Waals surface area contributed by atoms with Gasteiger partial charge in [-0.2, -0.15) is 5.10 Å². The van der Waals surface area contributed by atoms with Crippen molar-refractivity contribution in [3.8, 4) is 0 Å². The molecule has 1 saturated heterocycles. The van der Waals surface area contributed by atoms with Gasteiger partial charge in [-0.1, -0.05) is 6.07 Å². The van der Waals surface area contributed by atoms with Crippen LogP contribution in [0.2, 0.25) is 0 Å². The summed E-state index contributed by atoms with van der Waals surface area (Å²) in [6, 6.07) is 3.77. The molecule has 1 unspecified atom stereocenters. The number of carbonyl (C=O) groups is 2. The summed E-state index contributed by atoms with van der Waals surface area (Å²) in [5, 5.41) is 8.98. The highest BCUT2D eigenvalue weighted by Gasteiger charge is 2.25. The third-order valence-corrected chi connectivity index (χ3v) is 4.92. The van der Waals surface area contributed by atoms with Crippen molar-refractivity contribution in [2.45, 2.75) is 38.3 Å². The van der Waals surface area contributed by atoms with Gasteiger partial charge in [-0.15, -0.1) is 11.3 Å². The Kier molecular flexibility index (Phi) is 5.58. The summed E-state index contributed by atoms with van der Waals surface area (Å²) in [6.07, 6.45) is 6.15. The fraction of sp³-hybridized carbons (Fsp3) is 0.500. The van der Waals surface area contributed by atoms with E-state index in [-0.39, 0.29) is 17.9 Å². The van der Waals surface area contributed by atoms with E-state index in [1.54, 1.807) is 11.0 Å². The van der Waals surface area contributed by atoms with Crippen LogP contribution in [0.5, 0.6) is 0 Å². The topological polar surface area (TPSA) is 80.1 Å². The van der Waals surface area contributed by atoms with E-state index in [0.717, 1.165) is 30.7 Å². The van der Waals surface area contributed by atoms with Crippen molar-refractivity contribution in [1.82, 2.24) is 25.0 Å². The van der Waals surface area contributed by atoms with Gasteiger partial charge in [-0.25, -0.2) is 4.98 Å². The lowest BCUT2D eigenvalue weighted by molar-refractivity contribution is -0.122. The van der Waals surface area contributed by atoms with E-state index in [1.807, 2.05) is 22.4 Å². The molecule has 2 amide bonds. The first-order chi connectivity index (χ1) is 11.7. The van der Waals surface area contributed by atoms with Gasteiger partial charge in [-0.05, 0) is 30.7 Å². The molecule has 24 heavy (non-hydrogen) atoms. The minimum absolute atomic E-state index is 0.0329. The van der Waals surface area contributed by atoms with Crippen LogP contribution in [0.15, 0.2) is 30.2 Å². The van der Waals surface area contributed by atoms with E-state index in [1.165, 1.54) is 17.7 Å². The minimum Gasteiger partial charge on any atom is -0.352 e. The summed E-state index contributed by atoms with van der Waals surface area (Å²) in [5.41, 5.74) is 0. The van der Waals surface area contributed by atoms with Crippen molar-refractivity contribution in [1.29, 1.82) is 0 Å². The Morgan fingerprint density at radius 1 is 1.42 bits per heavy atom. The molecule has 3 heterocycles. The number of likely N-dealkylation sites (tertiary alicyclic amines) is 1. The maximum absolute atomic E-state index is 12.4. The first-order valence-electron chi connectivity index (χ1n) is 8.17. The summed E-state index contributed by atoms with van der Waals surface area (Å²) in [4.78, 5) is 31.0. The van der Waals surface area contributed by atoms with Crippen LogP contribution in [0.3, 0.4) is 0 Å². The van der Waals surface area contributed by atoms with E-state index < -0.39 is 0 Å². The Balaban J connectivity index is 1.43. The fourth-order valence-corrected chi connectivity index (χ4v) is 3.58. The summed E-state index contributed by atoms with van der Waals surface area (Å²) in [6.45, 7) is 2.03. The fourth-order valence-electron chi connectivity index (χ4n) is 2.89. The van der Waals surface area contributed by atoms with E-state index in [0.29, 0.717) is 19.5 Å². The smallest absolute Gasteiger partial charge is 0.263 e. The highest BCUT2D eigenvalue weighted by Crippen LogP contribution is 2.17. The van der Waals surface area contributed by atoms with E-state index >= 15 is 0 Å². The van der Waals surface area contributed by atoms with Gasteiger partial charge >= 0.3 is 0 Å². The van der Waals surface area contributed by atoms with Crippen LogP contribution in [0.1, 0.15) is 35.4 Å². The van der Waals surface area contributed by atoms with Crippen molar-refractivity contribution in [2.24, 2.45) is 0 Å². The molecule has 1 atom stereocenters. The maximum atomic E-state index is 12.4. The van der Waals surface area contributed by atoms with Crippen molar-refractivity contribution in [3.05, 3.63) is 35.0 Å². The van der Waals surface area contributed by atoms with Crippen LogP contribution >= 0.6 is 11.3 Å². The third-order valence-electron chi connectivity index (χ3n) is 4.06. The van der Waals surface area contributed by atoms with Crippen molar-refractivity contribution >= 4 is 23.2 Å². The highest BCUT2D eigenvalue weighted by atomic mass is 32.1. The number of amides is 2. The zero-order valence-corrected chi connectivity index (χ0v) is 14.2. The van der Waals surface area contributed by atoms with Crippen LogP contribution in [0.25, 0.3) is 0 Å². The molecule has 2 aromatic heterocycles. The number of carbonyl (C=O) groups excluding carboxylic acids is 2. The number of thiophene rings is 1. The summed E-state index contributed by atoms with van der Waals surface area (Å²) in [7, 11) is 0. The third kappa shape index (κ3) is 4.41. The molecule has 1 fully saturated rings. The van der Waals surface area contributed by atoms with Gasteiger partial charge in [0, 0.05) is 32.1 Å². The standard InChI is InChI=1S/C16H21N5O2S/c22-15(6-2-8-21-12-17-11-18-21)19-13-4-1-7-20(10-13)16(23)14-5-3-9-24-14/h3,5,9,11-13H,1-2,4,6-8,10H2,(H,19,22). The van der Waals surface area contributed by atoms with Crippen molar-refractivity contribution < 1.29 is 9.59 Å². The summed E-state index contributed by atoms with van der Waals surface area (Å²) < 4.78 is 1.72. The Hall–Kier alpha value is -2.22. The van der Waals surface area contributed by atoms with Crippen LogP contribution < -0.4 is 5.32 Å². The molecule has 0 radical (unpaired) electrons. The number of rotatable bonds is 6. The Morgan fingerprint density at radius 2 is 2.33 bits per heavy atom. The minimum atomic E-state index is 0.0329. The molecule has 0 aromatic carbocycles. The number of nitrogens with zero attached hydrogens (tertiary/aromatic N) is 4. The molecule has 0 aliphatic carbocycles. The lowest BCUT2D eigenvalue weighted by atomic mass is 10.1. The number of hydrogen-bond donors (Lipinski definition) is 1. The molecule has 0 saturated carbocycles. The van der Waals surface area contributed by atoms with Crippen molar-refractivity contribution in [3.63, 3.8) is 0 Å². The summed E-state index contributed by atoms with van der Waals surface area (Å²) >= 11 is 1.46. The van der Waals surface area contributed by atoms with Gasteiger partial charge < -0.3 is 10.2 Å². The molecule has 0 bridgehead atoms. The van der Waals surface area contributed by atoms with Gasteiger partial charge in [0.2, 0.25) is 5.91 Å². The predicted octanol–water partition coefficient (Wildman–Crippen LogP) is 1.54. The van der Waals surface area contributed by atoms with Gasteiger partial charge in [0.05, 0.1) is 4.88 Å². The lowest BCUT2D eigenvalue weighted by Crippen LogP contribution is -2.49. The quantitative estimate of drug-likeness (QED) is 0.859. The lowest BCUT2D eigenvalue weighted by Gasteiger charge is -2.33. The van der Waals surface area contributed by atoms with Gasteiger partial charge in [0.1, 0.15) is 12.7 Å². The number of aryl methyl sites for hydroxylation is 1. The first-order valence-corrected chi connectivity index (χ1v) is 9.05. The van der Waals surface area contributed by atoms with E-state index in [4.69, 9.17) is 0 Å². The molecule has 2 aromatic rings. The average Bonchev–Trinajstić information content (AvgIpc) is 3.28. The Morgan fingerprint density at radius 3 is 3.08 bits per heavy atom. The van der Waals surface area contributed by atoms with Gasteiger partial charge in [-0.3, -0.25) is 14.3 Å². The maximum Gasteiger partial charge on any atom is 0.263 e. The van der Waals surface area contributed by atoms with Crippen LogP contribution in [-0.2, 0) is 11.3 Å². The molecule has 8 heteroatoms. The predicted molar refractivity (Wildman–Crippen MR) is 90.6 cm³/mol. The monoisotopic (exact) mass is 347 g/mol. The van der Waals surface area contributed by atoms with Gasteiger partial charge in [0.25, 0.3) is 5.91 Å². The molecule has 0 spiro atoms. The van der Waals surface area contributed by atoms with Crippen LogP contribution in [0, 0.1) is 0 Å². The Labute approximate surface area is 144 Å². The largest absolute Gasteiger partial charge is 0.352 e. The SMILES string of the molecule is O=C(CCCn1cncn1)NC1CCCN(C(=O)c2cccs2)C1. The number of piperidine rings is 1. The molecule has 1 aliphatic heterocycles. The molecule has 1 N–H and O–H groups in total. The molecule has 7 nitrogen and oxygen atoms in total. The zero-order valence-electron chi connectivity index (χ0n) is 13.4. The molecule has 128 valence electrons. The van der Waals surface area contributed by atoms with Crippen LogP contribution in [-0.4, -0.2) is 50.6 Å². The Bertz CT molecular complexity index is 656. The second-order valence-corrected chi connectivity index (χ2v) is 6.84. The number of nitrogens with one attached hydrogen (secondary N) is 1. The van der Waals surface area contributed by atoms with Gasteiger partial charge in [0.15, 0.2) is 0 Å². The first kappa shape index (κ1) is 16.6. The zero-order chi connectivity index (χ0) is 16.8. The molecular weight excluding hydrogens is 326 g/mol. The van der Waals surface area contributed by atoms with E-state index in [2.05, 4.69) is 15.4 Å². The number of hydrogen-bond acceptors (Lipinski definition) is 5. The molecule has 3 rings (SSSR count). The normalized spacial score (nSPS) is 17.7. The number of aromatic nitrogens is 3. The second-order valence-electron chi connectivity index (χ2n) is 5.90. The van der Waals surface area contributed by atoms with Crippen molar-refractivity contribution in [2.75, 3.05) is 13.1 Å². The molecular formula is C16H21N5O2S. The van der Waals surface area contributed by atoms with Crippen LogP contribution in [0.4, 0.5) is 0 Å². The summed E-state index contributed by atoms with van der Waals surface area (Å²) in [5.74, 6) is 0.0978. The molecule has 1 aliphatic rings. The second kappa shape index (κ2) is 8.05. The highest BCUT2D eigenvalue weighted by molar-refractivity contribution is 7.12. The van der Waals surface area contributed by atoms with E-state index in [9.17, 15) is 9.59 Å².